The zero-order chi connectivity index (χ0) is 12.7. The van der Waals surface area contributed by atoms with Gasteiger partial charge in [-0.15, -0.1) is 0 Å². The van der Waals surface area contributed by atoms with Gasteiger partial charge in [0, 0.05) is 7.11 Å². The number of para-hydroxylation sites is 2. The SMILES string of the molecule is COC[C@@H](C)NC(=O)Nc1ccccc1OC. The van der Waals surface area contributed by atoms with Crippen molar-refractivity contribution >= 4 is 11.7 Å². The molecule has 1 atom stereocenters. The number of methoxy groups -OCH3 is 2. The van der Waals surface area contributed by atoms with Crippen molar-refractivity contribution < 1.29 is 14.3 Å². The lowest BCUT2D eigenvalue weighted by atomic mass is 10.3. The average molecular weight is 238 g/mol. The highest BCUT2D eigenvalue weighted by Gasteiger charge is 2.09. The highest BCUT2D eigenvalue weighted by atomic mass is 16.5. The van der Waals surface area contributed by atoms with Gasteiger partial charge in [-0.3, -0.25) is 0 Å². The number of amides is 2. The first-order valence-electron chi connectivity index (χ1n) is 5.37. The first-order chi connectivity index (χ1) is 8.17. The molecular weight excluding hydrogens is 220 g/mol. The van der Waals surface area contributed by atoms with Crippen LogP contribution in [-0.2, 0) is 4.74 Å². The zero-order valence-electron chi connectivity index (χ0n) is 10.3. The molecule has 1 aromatic carbocycles. The Balaban J connectivity index is 2.55. The molecule has 0 spiro atoms. The average Bonchev–Trinajstić information content (AvgIpc) is 2.29. The highest BCUT2D eigenvalue weighted by Crippen LogP contribution is 2.22. The van der Waals surface area contributed by atoms with E-state index >= 15 is 0 Å². The van der Waals surface area contributed by atoms with Crippen molar-refractivity contribution in [2.75, 3.05) is 26.1 Å². The van der Waals surface area contributed by atoms with E-state index in [0.29, 0.717) is 18.0 Å². The number of carbonyl (C=O) groups excluding carboxylic acids is 1. The molecular formula is C12H18N2O3. The molecule has 5 nitrogen and oxygen atoms in total. The first-order valence-corrected chi connectivity index (χ1v) is 5.37. The number of benzene rings is 1. The van der Waals surface area contributed by atoms with Gasteiger partial charge < -0.3 is 20.1 Å². The lowest BCUT2D eigenvalue weighted by Crippen LogP contribution is -2.38. The molecule has 0 aromatic heterocycles. The Hall–Kier alpha value is -1.75. The Bertz CT molecular complexity index is 369. The second-order valence-corrected chi connectivity index (χ2v) is 3.66. The second kappa shape index (κ2) is 6.75. The number of urea groups is 1. The van der Waals surface area contributed by atoms with E-state index in [9.17, 15) is 4.79 Å². The molecule has 0 saturated heterocycles. The Morgan fingerprint density at radius 2 is 2.06 bits per heavy atom. The number of nitrogens with one attached hydrogen (secondary N) is 2. The van der Waals surface area contributed by atoms with Crippen molar-refractivity contribution in [3.05, 3.63) is 24.3 Å². The summed E-state index contributed by atoms with van der Waals surface area (Å²) in [6.07, 6.45) is 0. The maximum atomic E-state index is 11.6. The van der Waals surface area contributed by atoms with Gasteiger partial charge in [-0.25, -0.2) is 4.79 Å². The normalized spacial score (nSPS) is 11.7. The molecule has 0 heterocycles. The quantitative estimate of drug-likeness (QED) is 0.823. The minimum Gasteiger partial charge on any atom is -0.495 e. The van der Waals surface area contributed by atoms with Crippen LogP contribution in [0.4, 0.5) is 10.5 Å². The summed E-state index contributed by atoms with van der Waals surface area (Å²) >= 11 is 0. The van der Waals surface area contributed by atoms with Crippen molar-refractivity contribution in [3.63, 3.8) is 0 Å². The van der Waals surface area contributed by atoms with E-state index < -0.39 is 0 Å². The highest BCUT2D eigenvalue weighted by molar-refractivity contribution is 5.91. The van der Waals surface area contributed by atoms with E-state index in [4.69, 9.17) is 9.47 Å². The number of carbonyl (C=O) groups is 1. The Labute approximate surface area is 101 Å². The van der Waals surface area contributed by atoms with Crippen molar-refractivity contribution in [2.24, 2.45) is 0 Å². The third-order valence-corrected chi connectivity index (χ3v) is 2.15. The summed E-state index contributed by atoms with van der Waals surface area (Å²) in [4.78, 5) is 11.6. The summed E-state index contributed by atoms with van der Waals surface area (Å²) in [5.41, 5.74) is 0.636. The molecule has 0 radical (unpaired) electrons. The van der Waals surface area contributed by atoms with Gasteiger partial charge in [0.25, 0.3) is 0 Å². The molecule has 0 aliphatic rings. The predicted molar refractivity (Wildman–Crippen MR) is 66.5 cm³/mol. The molecule has 0 aliphatic heterocycles. The van der Waals surface area contributed by atoms with Crippen LogP contribution in [0.1, 0.15) is 6.92 Å². The molecule has 0 unspecified atom stereocenters. The number of hydrogen-bond acceptors (Lipinski definition) is 3. The van der Waals surface area contributed by atoms with Gasteiger partial charge in [0.15, 0.2) is 0 Å². The maximum Gasteiger partial charge on any atom is 0.319 e. The smallest absolute Gasteiger partial charge is 0.319 e. The summed E-state index contributed by atoms with van der Waals surface area (Å²) < 4.78 is 10.1. The van der Waals surface area contributed by atoms with Gasteiger partial charge in [0.1, 0.15) is 5.75 Å². The van der Waals surface area contributed by atoms with Gasteiger partial charge in [-0.1, -0.05) is 12.1 Å². The monoisotopic (exact) mass is 238 g/mol. The fourth-order valence-electron chi connectivity index (χ4n) is 1.42. The lowest BCUT2D eigenvalue weighted by Gasteiger charge is -2.14. The molecule has 0 bridgehead atoms. The fraction of sp³-hybridized carbons (Fsp3) is 0.417. The predicted octanol–water partition coefficient (Wildman–Crippen LogP) is 1.85. The summed E-state index contributed by atoms with van der Waals surface area (Å²) in [6.45, 7) is 2.34. The van der Waals surface area contributed by atoms with E-state index in [1.807, 2.05) is 19.1 Å². The van der Waals surface area contributed by atoms with Gasteiger partial charge in [-0.05, 0) is 19.1 Å². The molecule has 17 heavy (non-hydrogen) atoms. The number of hydrogen-bond donors (Lipinski definition) is 2. The summed E-state index contributed by atoms with van der Waals surface area (Å²) in [5, 5.41) is 5.47. The minimum atomic E-state index is -0.279. The molecule has 5 heteroatoms. The Morgan fingerprint density at radius 1 is 1.35 bits per heavy atom. The summed E-state index contributed by atoms with van der Waals surface area (Å²) in [6, 6.07) is 6.91. The van der Waals surface area contributed by atoms with Crippen LogP contribution in [0, 0.1) is 0 Å². The van der Waals surface area contributed by atoms with Gasteiger partial charge in [0.2, 0.25) is 0 Å². The van der Waals surface area contributed by atoms with E-state index in [1.165, 1.54) is 0 Å². The van der Waals surface area contributed by atoms with E-state index in [2.05, 4.69) is 10.6 Å². The van der Waals surface area contributed by atoms with Crippen molar-refractivity contribution in [2.45, 2.75) is 13.0 Å². The van der Waals surface area contributed by atoms with Crippen LogP contribution in [0.15, 0.2) is 24.3 Å². The van der Waals surface area contributed by atoms with Crippen LogP contribution in [0.5, 0.6) is 5.75 Å². The molecule has 0 fully saturated rings. The van der Waals surface area contributed by atoms with Crippen molar-refractivity contribution in [3.8, 4) is 5.75 Å². The van der Waals surface area contributed by atoms with Gasteiger partial charge in [0.05, 0.1) is 25.4 Å². The first kappa shape index (κ1) is 13.3. The third-order valence-electron chi connectivity index (χ3n) is 2.15. The van der Waals surface area contributed by atoms with E-state index in [1.54, 1.807) is 26.4 Å². The third kappa shape index (κ3) is 4.32. The van der Waals surface area contributed by atoms with Crippen LogP contribution < -0.4 is 15.4 Å². The molecule has 1 aromatic rings. The fourth-order valence-corrected chi connectivity index (χ4v) is 1.42. The number of anilines is 1. The number of rotatable bonds is 5. The Kier molecular flexibility index (Phi) is 5.29. The maximum absolute atomic E-state index is 11.6. The van der Waals surface area contributed by atoms with Gasteiger partial charge in [-0.2, -0.15) is 0 Å². The second-order valence-electron chi connectivity index (χ2n) is 3.66. The Morgan fingerprint density at radius 3 is 2.71 bits per heavy atom. The zero-order valence-corrected chi connectivity index (χ0v) is 10.3. The molecule has 2 amide bonds. The van der Waals surface area contributed by atoms with Crippen molar-refractivity contribution in [1.29, 1.82) is 0 Å². The minimum absolute atomic E-state index is 0.0466. The topological polar surface area (TPSA) is 59.6 Å². The van der Waals surface area contributed by atoms with Crippen LogP contribution in [0.25, 0.3) is 0 Å². The molecule has 94 valence electrons. The van der Waals surface area contributed by atoms with E-state index in [0.717, 1.165) is 0 Å². The van der Waals surface area contributed by atoms with Crippen LogP contribution >= 0.6 is 0 Å². The van der Waals surface area contributed by atoms with Gasteiger partial charge >= 0.3 is 6.03 Å². The largest absolute Gasteiger partial charge is 0.495 e. The number of ether oxygens (including phenoxy) is 2. The van der Waals surface area contributed by atoms with Crippen molar-refractivity contribution in [1.82, 2.24) is 5.32 Å². The summed E-state index contributed by atoms with van der Waals surface area (Å²) in [5.74, 6) is 0.627. The molecule has 0 saturated carbocycles. The van der Waals surface area contributed by atoms with Crippen LogP contribution in [0.3, 0.4) is 0 Å². The molecule has 0 aliphatic carbocycles. The van der Waals surface area contributed by atoms with Crippen LogP contribution in [-0.4, -0.2) is 32.9 Å². The molecule has 1 rings (SSSR count). The van der Waals surface area contributed by atoms with E-state index in [-0.39, 0.29) is 12.1 Å². The summed E-state index contributed by atoms with van der Waals surface area (Å²) in [7, 11) is 3.16. The van der Waals surface area contributed by atoms with Crippen LogP contribution in [0.2, 0.25) is 0 Å². The standard InChI is InChI=1S/C12H18N2O3/c1-9(8-16-2)13-12(15)14-10-6-4-5-7-11(10)17-3/h4-7,9H,8H2,1-3H3,(H2,13,14,15)/t9-/m1/s1. The lowest BCUT2D eigenvalue weighted by molar-refractivity contribution is 0.173. The molecule has 2 N–H and O–H groups in total.